The third kappa shape index (κ3) is 5.86. The zero-order chi connectivity index (χ0) is 24.9. The lowest BCUT2D eigenvalue weighted by atomic mass is 9.94. The molecular weight excluding hydrogens is 485 g/mol. The number of thiazole rings is 1. The number of carboxylic acid groups (broad SMARTS) is 1. The molecule has 0 unspecified atom stereocenters. The molecule has 34 heavy (non-hydrogen) atoms. The minimum atomic E-state index is -1.17. The maximum atomic E-state index is 15.5. The van der Waals surface area contributed by atoms with Crippen LogP contribution in [0.5, 0.6) is 0 Å². The summed E-state index contributed by atoms with van der Waals surface area (Å²) in [5.74, 6) is -0.724. The Morgan fingerprint density at radius 1 is 1.32 bits per heavy atom. The number of nitrogens with one attached hydrogen (secondary N) is 2. The highest BCUT2D eigenvalue weighted by atomic mass is 35.5. The van der Waals surface area contributed by atoms with E-state index in [0.29, 0.717) is 15.6 Å². The quantitative estimate of drug-likeness (QED) is 0.278. The van der Waals surface area contributed by atoms with Crippen molar-refractivity contribution < 1.29 is 23.8 Å². The highest BCUT2D eigenvalue weighted by molar-refractivity contribution is 7.15. The van der Waals surface area contributed by atoms with E-state index in [1.807, 2.05) is 13.8 Å². The Morgan fingerprint density at radius 3 is 2.76 bits per heavy atom. The van der Waals surface area contributed by atoms with Gasteiger partial charge in [-0.15, -0.1) is 11.3 Å². The van der Waals surface area contributed by atoms with Gasteiger partial charge in [0.05, 0.1) is 22.0 Å². The van der Waals surface area contributed by atoms with Gasteiger partial charge in [-0.2, -0.15) is 0 Å². The van der Waals surface area contributed by atoms with Gasteiger partial charge in [0.1, 0.15) is 11.6 Å². The molecule has 0 bridgehead atoms. The third-order valence-corrected chi connectivity index (χ3v) is 6.20. The second kappa shape index (κ2) is 10.6. The lowest BCUT2D eigenvalue weighted by Crippen LogP contribution is -2.35. The van der Waals surface area contributed by atoms with Crippen molar-refractivity contribution >= 4 is 40.8 Å². The summed E-state index contributed by atoms with van der Waals surface area (Å²) >= 11 is 7.21. The minimum Gasteiger partial charge on any atom is -0.465 e. The van der Waals surface area contributed by atoms with E-state index in [1.54, 1.807) is 12.1 Å². The summed E-state index contributed by atoms with van der Waals surface area (Å²) in [6.07, 6.45) is 0.859. The lowest BCUT2D eigenvalue weighted by molar-refractivity contribution is 0.174. The fourth-order valence-corrected chi connectivity index (χ4v) is 4.19. The molecule has 0 saturated carbocycles. The molecule has 0 spiro atoms. The number of rotatable bonds is 8. The van der Waals surface area contributed by atoms with Crippen LogP contribution in [0.2, 0.25) is 5.28 Å². The number of anilines is 1. The molecular formula is C22H21ClFN5O4S. The number of hydrogen-bond acceptors (Lipinski definition) is 7. The molecule has 0 aliphatic rings. The number of amides is 2. The summed E-state index contributed by atoms with van der Waals surface area (Å²) in [7, 11) is 0. The summed E-state index contributed by atoms with van der Waals surface area (Å²) in [4.78, 5) is 36.2. The van der Waals surface area contributed by atoms with E-state index in [-0.39, 0.29) is 35.4 Å². The molecule has 0 atom stereocenters. The molecule has 0 aliphatic heterocycles. The van der Waals surface area contributed by atoms with Gasteiger partial charge in [-0.3, -0.25) is 5.32 Å². The van der Waals surface area contributed by atoms with Crippen LogP contribution in [0.25, 0.3) is 21.8 Å². The van der Waals surface area contributed by atoms with Crippen molar-refractivity contribution in [2.45, 2.75) is 19.3 Å². The summed E-state index contributed by atoms with van der Waals surface area (Å²) in [6.45, 7) is 7.14. The number of nitrogens with zero attached hydrogens (tertiary/aromatic N) is 3. The molecule has 12 heteroatoms. The van der Waals surface area contributed by atoms with Crippen LogP contribution < -0.4 is 10.6 Å². The van der Waals surface area contributed by atoms with E-state index in [9.17, 15) is 9.59 Å². The van der Waals surface area contributed by atoms with Gasteiger partial charge in [-0.25, -0.2) is 28.9 Å². The maximum absolute atomic E-state index is 15.5. The molecule has 3 N–H and O–H groups in total. The lowest BCUT2D eigenvalue weighted by Gasteiger charge is -2.21. The van der Waals surface area contributed by atoms with Gasteiger partial charge in [0.2, 0.25) is 5.28 Å². The minimum absolute atomic E-state index is 0.00561. The average molecular weight is 506 g/mol. The standard InChI is InChI=1S/C22H21ClFN5O4S/c1-4-10-33-21(32)28-13-7-5-6-12(15(13)24)16-17(14-8-9-25-19(23)27-14)34-18(29-16)22(2,3)11-26-20(30)31/h4-9,26H,1,10-11H2,2-3H3,(H,28,32)(H,30,31). The smallest absolute Gasteiger partial charge is 0.412 e. The summed E-state index contributed by atoms with van der Waals surface area (Å²) in [5, 5.41) is 14.3. The van der Waals surface area contributed by atoms with Gasteiger partial charge >= 0.3 is 12.2 Å². The van der Waals surface area contributed by atoms with Gasteiger partial charge in [0.25, 0.3) is 0 Å². The highest BCUT2D eigenvalue weighted by Gasteiger charge is 2.29. The Hall–Kier alpha value is -3.57. The molecule has 0 saturated heterocycles. The SMILES string of the molecule is C=CCOC(=O)Nc1cccc(-c2nc(C(C)(C)CNC(=O)O)sc2-c2ccnc(Cl)n2)c1F. The van der Waals surface area contributed by atoms with Crippen LogP contribution in [0.15, 0.2) is 43.1 Å². The number of hydrogen-bond donors (Lipinski definition) is 3. The first-order valence-electron chi connectivity index (χ1n) is 9.93. The predicted octanol–water partition coefficient (Wildman–Crippen LogP) is 5.34. The normalized spacial score (nSPS) is 11.1. The van der Waals surface area contributed by atoms with E-state index in [4.69, 9.17) is 21.4 Å². The van der Waals surface area contributed by atoms with Gasteiger partial charge in [-0.05, 0) is 29.8 Å². The van der Waals surface area contributed by atoms with Crippen LogP contribution >= 0.6 is 22.9 Å². The summed E-state index contributed by atoms with van der Waals surface area (Å²) in [6, 6.07) is 6.09. The molecule has 2 amide bonds. The van der Waals surface area contributed by atoms with Crippen LogP contribution in [-0.2, 0) is 10.2 Å². The number of aromatic nitrogens is 3. The summed E-state index contributed by atoms with van der Waals surface area (Å²) < 4.78 is 20.4. The first kappa shape index (κ1) is 25.1. The average Bonchev–Trinajstić information content (AvgIpc) is 3.24. The van der Waals surface area contributed by atoms with E-state index in [0.717, 1.165) is 0 Å². The van der Waals surface area contributed by atoms with Crippen molar-refractivity contribution in [3.05, 3.63) is 59.2 Å². The number of benzene rings is 1. The van der Waals surface area contributed by atoms with Crippen molar-refractivity contribution in [3.8, 4) is 21.8 Å². The Morgan fingerprint density at radius 2 is 2.09 bits per heavy atom. The fourth-order valence-electron chi connectivity index (χ4n) is 2.89. The van der Waals surface area contributed by atoms with E-state index in [1.165, 1.54) is 35.7 Å². The van der Waals surface area contributed by atoms with Gasteiger partial charge in [0.15, 0.2) is 5.82 Å². The second-order valence-corrected chi connectivity index (χ2v) is 8.97. The molecule has 1 aromatic carbocycles. The fraction of sp³-hybridized carbons (Fsp3) is 0.227. The van der Waals surface area contributed by atoms with E-state index < -0.39 is 23.4 Å². The number of halogens is 2. The van der Waals surface area contributed by atoms with E-state index >= 15 is 4.39 Å². The molecule has 178 valence electrons. The Kier molecular flexibility index (Phi) is 7.79. The highest BCUT2D eigenvalue weighted by Crippen LogP contribution is 2.41. The van der Waals surface area contributed by atoms with Crippen molar-refractivity contribution in [2.75, 3.05) is 18.5 Å². The molecule has 0 aliphatic carbocycles. The largest absolute Gasteiger partial charge is 0.465 e. The van der Waals surface area contributed by atoms with Gasteiger partial charge in [0, 0.05) is 23.7 Å². The van der Waals surface area contributed by atoms with E-state index in [2.05, 4.69) is 32.2 Å². The van der Waals surface area contributed by atoms with Gasteiger partial charge < -0.3 is 15.2 Å². The first-order valence-corrected chi connectivity index (χ1v) is 11.1. The van der Waals surface area contributed by atoms with Gasteiger partial charge in [-0.1, -0.05) is 32.6 Å². The predicted molar refractivity (Wildman–Crippen MR) is 128 cm³/mol. The topological polar surface area (TPSA) is 126 Å². The van der Waals surface area contributed by atoms with Crippen molar-refractivity contribution in [1.29, 1.82) is 0 Å². The maximum Gasteiger partial charge on any atom is 0.412 e. The second-order valence-electron chi connectivity index (χ2n) is 7.63. The Balaban J connectivity index is 2.10. The van der Waals surface area contributed by atoms with Crippen LogP contribution in [-0.4, -0.2) is 45.4 Å². The molecule has 2 aromatic heterocycles. The molecule has 3 aromatic rings. The molecule has 3 rings (SSSR count). The van der Waals surface area contributed by atoms with Crippen LogP contribution in [0.1, 0.15) is 18.9 Å². The number of carbonyl (C=O) groups is 2. The monoisotopic (exact) mass is 505 g/mol. The van der Waals surface area contributed by atoms with Crippen LogP contribution in [0, 0.1) is 5.82 Å². The van der Waals surface area contributed by atoms with Crippen molar-refractivity contribution in [2.24, 2.45) is 0 Å². The molecule has 9 nitrogen and oxygen atoms in total. The number of carbonyl (C=O) groups excluding carboxylic acids is 1. The van der Waals surface area contributed by atoms with Crippen LogP contribution in [0.3, 0.4) is 0 Å². The Bertz CT molecular complexity index is 1230. The first-order chi connectivity index (χ1) is 16.1. The molecule has 2 heterocycles. The van der Waals surface area contributed by atoms with Crippen molar-refractivity contribution in [3.63, 3.8) is 0 Å². The zero-order valence-corrected chi connectivity index (χ0v) is 19.8. The summed E-state index contributed by atoms with van der Waals surface area (Å²) in [5.41, 5.74) is -0.0220. The van der Waals surface area contributed by atoms with Crippen LogP contribution in [0.4, 0.5) is 19.7 Å². The third-order valence-electron chi connectivity index (χ3n) is 4.57. The molecule has 0 fully saturated rings. The van der Waals surface area contributed by atoms with Crippen molar-refractivity contribution in [1.82, 2.24) is 20.3 Å². The number of ether oxygens (including phenoxy) is 1. The Labute approximate surface area is 203 Å². The molecule has 0 radical (unpaired) electrons. The zero-order valence-electron chi connectivity index (χ0n) is 18.3.